The molecule has 0 aromatic heterocycles. The Kier molecular flexibility index (Phi) is 5.13. The molecule has 0 unspecified atom stereocenters. The Hall–Kier alpha value is -3.45. The van der Waals surface area contributed by atoms with Crippen molar-refractivity contribution in [2.75, 3.05) is 16.2 Å². The molecule has 4 rings (SSSR count). The third-order valence-corrected chi connectivity index (χ3v) is 6.45. The van der Waals surface area contributed by atoms with Crippen molar-refractivity contribution >= 4 is 33.1 Å². The Morgan fingerprint density at radius 2 is 1.63 bits per heavy atom. The predicted molar refractivity (Wildman–Crippen MR) is 115 cm³/mol. The van der Waals surface area contributed by atoms with Crippen LogP contribution in [0.3, 0.4) is 0 Å². The van der Waals surface area contributed by atoms with Crippen LogP contribution in [0.2, 0.25) is 0 Å². The zero-order valence-electron chi connectivity index (χ0n) is 16.3. The first-order valence-corrected chi connectivity index (χ1v) is 11.0. The standard InChI is InChI=1S/C23H20N2O4S/c1-16(26)25-14-13-18-15-19(11-12-22(18)25)30(28,29)24-21-10-6-5-9-20(21)23(27)17-7-3-2-4-8-17/h2-12,15,24H,13-14H2,1H3. The van der Waals surface area contributed by atoms with Gasteiger partial charge in [-0.2, -0.15) is 0 Å². The Morgan fingerprint density at radius 1 is 0.933 bits per heavy atom. The molecule has 1 amide bonds. The second-order valence-electron chi connectivity index (χ2n) is 7.06. The van der Waals surface area contributed by atoms with Crippen molar-refractivity contribution < 1.29 is 18.0 Å². The fourth-order valence-corrected chi connectivity index (χ4v) is 4.72. The minimum atomic E-state index is -3.92. The number of hydrogen-bond acceptors (Lipinski definition) is 4. The summed E-state index contributed by atoms with van der Waals surface area (Å²) in [5.74, 6) is -0.337. The van der Waals surface area contributed by atoms with E-state index in [9.17, 15) is 18.0 Å². The summed E-state index contributed by atoms with van der Waals surface area (Å²) in [5.41, 5.74) is 2.52. The van der Waals surface area contributed by atoms with Gasteiger partial charge in [0.15, 0.2) is 5.78 Å². The van der Waals surface area contributed by atoms with Crippen molar-refractivity contribution in [3.63, 3.8) is 0 Å². The Morgan fingerprint density at radius 3 is 2.37 bits per heavy atom. The van der Waals surface area contributed by atoms with Crippen molar-refractivity contribution in [3.05, 3.63) is 89.5 Å². The van der Waals surface area contributed by atoms with E-state index in [1.165, 1.54) is 13.0 Å². The van der Waals surface area contributed by atoms with E-state index in [4.69, 9.17) is 0 Å². The molecule has 6 nitrogen and oxygen atoms in total. The first kappa shape index (κ1) is 19.8. The van der Waals surface area contributed by atoms with E-state index < -0.39 is 10.0 Å². The van der Waals surface area contributed by atoms with E-state index in [2.05, 4.69) is 4.72 Å². The Labute approximate surface area is 175 Å². The molecule has 7 heteroatoms. The average molecular weight is 420 g/mol. The molecule has 1 aliphatic rings. The fourth-order valence-electron chi connectivity index (χ4n) is 3.59. The first-order chi connectivity index (χ1) is 14.4. The third kappa shape index (κ3) is 3.71. The zero-order chi connectivity index (χ0) is 21.3. The predicted octanol–water partition coefficient (Wildman–Crippen LogP) is 3.63. The molecule has 0 bridgehead atoms. The van der Waals surface area contributed by atoms with Gasteiger partial charge in [-0.1, -0.05) is 42.5 Å². The van der Waals surface area contributed by atoms with Crippen LogP contribution in [-0.4, -0.2) is 26.7 Å². The van der Waals surface area contributed by atoms with Gasteiger partial charge in [-0.25, -0.2) is 8.42 Å². The van der Waals surface area contributed by atoms with Crippen LogP contribution in [0.1, 0.15) is 28.4 Å². The molecule has 0 aliphatic carbocycles. The van der Waals surface area contributed by atoms with Crippen LogP contribution in [0.25, 0.3) is 0 Å². The monoisotopic (exact) mass is 420 g/mol. The van der Waals surface area contributed by atoms with Crippen molar-refractivity contribution in [1.82, 2.24) is 0 Å². The maximum absolute atomic E-state index is 13.0. The van der Waals surface area contributed by atoms with Crippen LogP contribution in [0.5, 0.6) is 0 Å². The minimum absolute atomic E-state index is 0.0733. The van der Waals surface area contributed by atoms with Crippen LogP contribution in [-0.2, 0) is 21.2 Å². The summed E-state index contributed by atoms with van der Waals surface area (Å²) < 4.78 is 28.6. The molecule has 0 spiro atoms. The number of sulfonamides is 1. The van der Waals surface area contributed by atoms with Gasteiger partial charge >= 0.3 is 0 Å². The molecule has 0 fully saturated rings. The third-order valence-electron chi connectivity index (χ3n) is 5.09. The molecular formula is C23H20N2O4S. The lowest BCUT2D eigenvalue weighted by Crippen LogP contribution is -2.25. The zero-order valence-corrected chi connectivity index (χ0v) is 17.1. The highest BCUT2D eigenvalue weighted by molar-refractivity contribution is 7.92. The van der Waals surface area contributed by atoms with Crippen molar-refractivity contribution in [2.24, 2.45) is 0 Å². The molecule has 0 atom stereocenters. The first-order valence-electron chi connectivity index (χ1n) is 9.49. The molecule has 0 saturated carbocycles. The highest BCUT2D eigenvalue weighted by atomic mass is 32.2. The molecular weight excluding hydrogens is 400 g/mol. The summed E-state index contributed by atoms with van der Waals surface area (Å²) in [6, 6.07) is 20.0. The van der Waals surface area contributed by atoms with Gasteiger partial charge in [0.2, 0.25) is 5.91 Å². The van der Waals surface area contributed by atoms with Gasteiger partial charge in [-0.3, -0.25) is 14.3 Å². The van der Waals surface area contributed by atoms with Crippen molar-refractivity contribution in [2.45, 2.75) is 18.2 Å². The highest BCUT2D eigenvalue weighted by Gasteiger charge is 2.25. The van der Waals surface area contributed by atoms with Gasteiger partial charge in [0.25, 0.3) is 10.0 Å². The topological polar surface area (TPSA) is 83.6 Å². The summed E-state index contributed by atoms with van der Waals surface area (Å²) in [6.07, 6.45) is 0.599. The maximum Gasteiger partial charge on any atom is 0.261 e. The lowest BCUT2D eigenvalue weighted by atomic mass is 10.0. The number of amides is 1. The Balaban J connectivity index is 1.66. The van der Waals surface area contributed by atoms with Crippen LogP contribution in [0.4, 0.5) is 11.4 Å². The second kappa shape index (κ2) is 7.76. The van der Waals surface area contributed by atoms with Crippen molar-refractivity contribution in [3.8, 4) is 0 Å². The van der Waals surface area contributed by atoms with Gasteiger partial charge in [0.05, 0.1) is 10.6 Å². The van der Waals surface area contributed by atoms with E-state index in [0.29, 0.717) is 18.5 Å². The number of anilines is 2. The smallest absolute Gasteiger partial charge is 0.261 e. The van der Waals surface area contributed by atoms with Gasteiger partial charge < -0.3 is 4.90 Å². The molecule has 0 saturated heterocycles. The maximum atomic E-state index is 13.0. The largest absolute Gasteiger partial charge is 0.312 e. The summed E-state index contributed by atoms with van der Waals surface area (Å²) in [5, 5.41) is 0. The van der Waals surface area contributed by atoms with E-state index in [1.54, 1.807) is 65.6 Å². The minimum Gasteiger partial charge on any atom is -0.312 e. The molecule has 1 heterocycles. The van der Waals surface area contributed by atoms with Gasteiger partial charge in [-0.15, -0.1) is 0 Å². The summed E-state index contributed by atoms with van der Waals surface area (Å²) in [6.45, 7) is 2.03. The summed E-state index contributed by atoms with van der Waals surface area (Å²) >= 11 is 0. The fraction of sp³-hybridized carbons (Fsp3) is 0.130. The van der Waals surface area contributed by atoms with Crippen LogP contribution < -0.4 is 9.62 Å². The summed E-state index contributed by atoms with van der Waals surface area (Å²) in [4.78, 5) is 26.3. The molecule has 3 aromatic carbocycles. The van der Waals surface area contributed by atoms with Gasteiger partial charge in [0.1, 0.15) is 0 Å². The molecule has 30 heavy (non-hydrogen) atoms. The molecule has 3 aromatic rings. The number of carbonyl (C=O) groups excluding carboxylic acids is 2. The lowest BCUT2D eigenvalue weighted by molar-refractivity contribution is -0.116. The number of carbonyl (C=O) groups is 2. The number of para-hydroxylation sites is 1. The number of ketones is 1. The molecule has 0 radical (unpaired) electrons. The number of benzene rings is 3. The van der Waals surface area contributed by atoms with Crippen LogP contribution in [0, 0.1) is 0 Å². The number of nitrogens with one attached hydrogen (secondary N) is 1. The van der Waals surface area contributed by atoms with Gasteiger partial charge in [0, 0.05) is 30.3 Å². The average Bonchev–Trinajstić information content (AvgIpc) is 3.18. The van der Waals surface area contributed by atoms with Crippen LogP contribution in [0.15, 0.2) is 77.7 Å². The van der Waals surface area contributed by atoms with E-state index in [0.717, 1.165) is 11.3 Å². The van der Waals surface area contributed by atoms with E-state index in [1.807, 2.05) is 6.07 Å². The second-order valence-corrected chi connectivity index (χ2v) is 8.74. The molecule has 1 aliphatic heterocycles. The van der Waals surface area contributed by atoms with E-state index >= 15 is 0 Å². The quantitative estimate of drug-likeness (QED) is 0.639. The lowest BCUT2D eigenvalue weighted by Gasteiger charge is -2.16. The number of fused-ring (bicyclic) bond motifs is 1. The SMILES string of the molecule is CC(=O)N1CCc2cc(S(=O)(=O)Nc3ccccc3C(=O)c3ccccc3)ccc21. The molecule has 1 N–H and O–H groups in total. The van der Waals surface area contributed by atoms with Crippen LogP contribution >= 0.6 is 0 Å². The molecule has 152 valence electrons. The number of rotatable bonds is 5. The normalized spacial score (nSPS) is 13.0. The van der Waals surface area contributed by atoms with Gasteiger partial charge in [-0.05, 0) is 42.3 Å². The Bertz CT molecular complexity index is 1240. The summed E-state index contributed by atoms with van der Waals surface area (Å²) in [7, 11) is -3.92. The van der Waals surface area contributed by atoms with E-state index in [-0.39, 0.29) is 27.8 Å². The highest BCUT2D eigenvalue weighted by Crippen LogP contribution is 2.31. The number of nitrogens with zero attached hydrogens (tertiary/aromatic N) is 1. The number of hydrogen-bond donors (Lipinski definition) is 1. The van der Waals surface area contributed by atoms with Crippen molar-refractivity contribution in [1.29, 1.82) is 0 Å².